The summed E-state index contributed by atoms with van der Waals surface area (Å²) in [6, 6.07) is 11.0. The molecule has 0 unspecified atom stereocenters. The molecule has 1 aliphatic heterocycles. The number of hydrogen-bond acceptors (Lipinski definition) is 5. The number of fused-ring (bicyclic) bond motifs is 5. The molecule has 2 bridgehead atoms. The SMILES string of the molecule is O=C(COC(=O)c1cccc(N2C(=O)[C@@H]3[C@H](C2=O)[C@H]2C=C[C@H]3C2)c1)c1ccc(F)cc1. The number of ketones is 1. The smallest absolute Gasteiger partial charge is 0.338 e. The van der Waals surface area contributed by atoms with Gasteiger partial charge in [-0.2, -0.15) is 0 Å². The van der Waals surface area contributed by atoms with Crippen molar-refractivity contribution in [2.45, 2.75) is 6.42 Å². The Morgan fingerprint density at radius 2 is 1.58 bits per heavy atom. The fraction of sp³-hybridized carbons (Fsp3) is 0.250. The van der Waals surface area contributed by atoms with E-state index in [0.29, 0.717) is 5.69 Å². The summed E-state index contributed by atoms with van der Waals surface area (Å²) in [7, 11) is 0. The standard InChI is InChI=1S/C24H18FNO5/c25-17-8-6-13(7-9-17)19(27)12-31-24(30)16-2-1-3-18(11-16)26-22(28)20-14-4-5-15(10-14)21(20)23(26)29/h1-9,11,14-15,20-21H,10,12H2/t14-,15-,20-,21+/m0/s1. The molecule has 1 saturated heterocycles. The zero-order valence-corrected chi connectivity index (χ0v) is 16.4. The minimum Gasteiger partial charge on any atom is -0.454 e. The van der Waals surface area contributed by atoms with Gasteiger partial charge in [0.05, 0.1) is 23.1 Å². The monoisotopic (exact) mass is 419 g/mol. The molecule has 0 N–H and O–H groups in total. The third kappa shape index (κ3) is 3.17. The summed E-state index contributed by atoms with van der Waals surface area (Å²) < 4.78 is 18.1. The summed E-state index contributed by atoms with van der Waals surface area (Å²) in [5.41, 5.74) is 0.678. The Labute approximate surface area is 177 Å². The van der Waals surface area contributed by atoms with Crippen molar-refractivity contribution < 1.29 is 28.3 Å². The number of carbonyl (C=O) groups excluding carboxylic acids is 4. The largest absolute Gasteiger partial charge is 0.454 e. The molecule has 3 aliphatic rings. The molecule has 5 rings (SSSR count). The van der Waals surface area contributed by atoms with Gasteiger partial charge in [-0.3, -0.25) is 14.4 Å². The lowest BCUT2D eigenvalue weighted by Crippen LogP contribution is -2.33. The molecule has 2 aromatic carbocycles. The van der Waals surface area contributed by atoms with Gasteiger partial charge in [0, 0.05) is 5.56 Å². The molecule has 2 aromatic rings. The average Bonchev–Trinajstić information content (AvgIpc) is 3.46. The van der Waals surface area contributed by atoms with Crippen molar-refractivity contribution in [2.75, 3.05) is 11.5 Å². The molecule has 156 valence electrons. The number of esters is 1. The van der Waals surface area contributed by atoms with Gasteiger partial charge < -0.3 is 4.74 Å². The summed E-state index contributed by atoms with van der Waals surface area (Å²) in [6.45, 7) is -0.505. The summed E-state index contributed by atoms with van der Waals surface area (Å²) in [4.78, 5) is 51.6. The van der Waals surface area contributed by atoms with Crippen LogP contribution in [-0.2, 0) is 14.3 Å². The number of carbonyl (C=O) groups is 4. The molecular formula is C24H18FNO5. The third-order valence-electron chi connectivity index (χ3n) is 6.31. The van der Waals surface area contributed by atoms with E-state index in [1.807, 2.05) is 12.2 Å². The highest BCUT2D eigenvalue weighted by molar-refractivity contribution is 6.23. The molecule has 2 aliphatic carbocycles. The molecule has 0 radical (unpaired) electrons. The highest BCUT2D eigenvalue weighted by Crippen LogP contribution is 2.53. The number of rotatable bonds is 5. The van der Waals surface area contributed by atoms with Crippen molar-refractivity contribution in [1.29, 1.82) is 0 Å². The molecular weight excluding hydrogens is 401 g/mol. The van der Waals surface area contributed by atoms with E-state index >= 15 is 0 Å². The van der Waals surface area contributed by atoms with Crippen LogP contribution in [0.3, 0.4) is 0 Å². The van der Waals surface area contributed by atoms with Crippen molar-refractivity contribution >= 4 is 29.3 Å². The Kier molecular flexibility index (Phi) is 4.54. The molecule has 1 heterocycles. The zero-order valence-electron chi connectivity index (χ0n) is 16.4. The van der Waals surface area contributed by atoms with Crippen LogP contribution in [0.15, 0.2) is 60.7 Å². The lowest BCUT2D eigenvalue weighted by atomic mass is 9.85. The van der Waals surface area contributed by atoms with Gasteiger partial charge >= 0.3 is 5.97 Å². The van der Waals surface area contributed by atoms with E-state index in [4.69, 9.17) is 4.74 Å². The maximum Gasteiger partial charge on any atom is 0.338 e. The molecule has 1 saturated carbocycles. The lowest BCUT2D eigenvalue weighted by Gasteiger charge is -2.18. The number of Topliss-reactive ketones (excluding diaryl/α,β-unsaturated/α-hetero) is 1. The molecule has 6 nitrogen and oxygen atoms in total. The van der Waals surface area contributed by atoms with Crippen LogP contribution >= 0.6 is 0 Å². The molecule has 0 spiro atoms. The number of amides is 2. The minimum atomic E-state index is -0.752. The first-order valence-corrected chi connectivity index (χ1v) is 10.1. The normalized spacial score (nSPS) is 25.8. The fourth-order valence-corrected chi connectivity index (χ4v) is 4.86. The molecule has 7 heteroatoms. The number of anilines is 1. The van der Waals surface area contributed by atoms with Crippen molar-refractivity contribution in [3.05, 3.63) is 77.6 Å². The van der Waals surface area contributed by atoms with E-state index in [1.165, 1.54) is 29.2 Å². The Morgan fingerprint density at radius 1 is 0.935 bits per heavy atom. The second-order valence-corrected chi connectivity index (χ2v) is 8.07. The zero-order chi connectivity index (χ0) is 21.7. The predicted octanol–water partition coefficient (Wildman–Crippen LogP) is 3.18. The molecule has 2 amide bonds. The van der Waals surface area contributed by atoms with Crippen molar-refractivity contribution in [2.24, 2.45) is 23.7 Å². The molecule has 0 aromatic heterocycles. The van der Waals surface area contributed by atoms with Gasteiger partial charge in [-0.05, 0) is 60.7 Å². The van der Waals surface area contributed by atoms with Crippen LogP contribution in [0.5, 0.6) is 0 Å². The van der Waals surface area contributed by atoms with E-state index in [1.54, 1.807) is 12.1 Å². The summed E-state index contributed by atoms with van der Waals surface area (Å²) >= 11 is 0. The minimum absolute atomic E-state index is 0.0991. The van der Waals surface area contributed by atoms with Crippen molar-refractivity contribution in [3.8, 4) is 0 Å². The van der Waals surface area contributed by atoms with Gasteiger partial charge in [0.25, 0.3) is 0 Å². The number of benzene rings is 2. The maximum absolute atomic E-state index is 13.0. The first kappa shape index (κ1) is 19.4. The lowest BCUT2D eigenvalue weighted by molar-refractivity contribution is -0.123. The Bertz CT molecular complexity index is 1110. The Morgan fingerprint density at radius 3 is 2.23 bits per heavy atom. The highest BCUT2D eigenvalue weighted by atomic mass is 19.1. The predicted molar refractivity (Wildman–Crippen MR) is 108 cm³/mol. The van der Waals surface area contributed by atoms with E-state index in [9.17, 15) is 23.6 Å². The van der Waals surface area contributed by atoms with Crippen LogP contribution in [-0.4, -0.2) is 30.2 Å². The van der Waals surface area contributed by atoms with Crippen LogP contribution in [0.2, 0.25) is 0 Å². The van der Waals surface area contributed by atoms with Gasteiger partial charge in [-0.15, -0.1) is 0 Å². The van der Waals surface area contributed by atoms with Gasteiger partial charge in [-0.25, -0.2) is 14.1 Å². The van der Waals surface area contributed by atoms with E-state index < -0.39 is 24.2 Å². The van der Waals surface area contributed by atoms with Crippen LogP contribution in [0.1, 0.15) is 27.1 Å². The number of halogens is 1. The number of hydrogen-bond donors (Lipinski definition) is 0. The number of imide groups is 1. The van der Waals surface area contributed by atoms with Gasteiger partial charge in [0.1, 0.15) is 5.82 Å². The molecule has 31 heavy (non-hydrogen) atoms. The Hall–Kier alpha value is -3.61. The summed E-state index contributed by atoms with van der Waals surface area (Å²) in [5, 5.41) is 0. The van der Waals surface area contributed by atoms with Crippen LogP contribution in [0.4, 0.5) is 10.1 Å². The highest BCUT2D eigenvalue weighted by Gasteiger charge is 2.59. The van der Waals surface area contributed by atoms with E-state index in [0.717, 1.165) is 18.6 Å². The fourth-order valence-electron chi connectivity index (χ4n) is 4.86. The average molecular weight is 419 g/mol. The van der Waals surface area contributed by atoms with Gasteiger partial charge in [0.2, 0.25) is 11.8 Å². The Balaban J connectivity index is 1.30. The first-order valence-electron chi connectivity index (χ1n) is 10.1. The topological polar surface area (TPSA) is 80.8 Å². The molecule has 2 fully saturated rings. The van der Waals surface area contributed by atoms with Crippen LogP contribution in [0.25, 0.3) is 0 Å². The summed E-state index contributed by atoms with van der Waals surface area (Å²) in [5.74, 6) is -2.61. The maximum atomic E-state index is 13.0. The first-order chi connectivity index (χ1) is 14.9. The molecule has 4 atom stereocenters. The van der Waals surface area contributed by atoms with Gasteiger partial charge in [-0.1, -0.05) is 18.2 Å². The van der Waals surface area contributed by atoms with Crippen LogP contribution in [0, 0.1) is 29.5 Å². The van der Waals surface area contributed by atoms with E-state index in [-0.39, 0.29) is 46.6 Å². The van der Waals surface area contributed by atoms with Crippen molar-refractivity contribution in [3.63, 3.8) is 0 Å². The second kappa shape index (κ2) is 7.27. The van der Waals surface area contributed by atoms with Crippen LogP contribution < -0.4 is 4.90 Å². The number of nitrogens with zero attached hydrogens (tertiary/aromatic N) is 1. The second-order valence-electron chi connectivity index (χ2n) is 8.07. The number of ether oxygens (including phenoxy) is 1. The quantitative estimate of drug-likeness (QED) is 0.322. The van der Waals surface area contributed by atoms with Gasteiger partial charge in [0.15, 0.2) is 12.4 Å². The summed E-state index contributed by atoms with van der Waals surface area (Å²) in [6.07, 6.45) is 4.88. The third-order valence-corrected chi connectivity index (χ3v) is 6.31. The number of allylic oxidation sites excluding steroid dienone is 2. The van der Waals surface area contributed by atoms with E-state index in [2.05, 4.69) is 0 Å². The van der Waals surface area contributed by atoms with Crippen molar-refractivity contribution in [1.82, 2.24) is 0 Å².